The Morgan fingerprint density at radius 3 is 2.81 bits per heavy atom. The first-order valence-electron chi connectivity index (χ1n) is 8.34. The summed E-state index contributed by atoms with van der Waals surface area (Å²) in [6, 6.07) is 9.23. The molecular formula is C18H26BrNO. The van der Waals surface area contributed by atoms with Gasteiger partial charge in [-0.05, 0) is 43.9 Å². The fraction of sp³-hybridized carbons (Fsp3) is 0.667. The third-order valence-corrected chi connectivity index (χ3v) is 5.87. The van der Waals surface area contributed by atoms with E-state index in [2.05, 4.69) is 52.4 Å². The Balaban J connectivity index is 1.62. The molecule has 2 saturated carbocycles. The van der Waals surface area contributed by atoms with Gasteiger partial charge in [-0.25, -0.2) is 0 Å². The standard InChI is InChI=1S/C18H26BrNO/c1-2-21-17-12-16(18(17)9-4-3-5-10-18)20-13-14-7-6-8-15(19)11-14/h6-8,11,16-17,20H,2-5,9-10,12-13H2,1H3. The summed E-state index contributed by atoms with van der Waals surface area (Å²) in [5, 5.41) is 3.81. The van der Waals surface area contributed by atoms with Gasteiger partial charge in [0.2, 0.25) is 0 Å². The van der Waals surface area contributed by atoms with E-state index >= 15 is 0 Å². The predicted molar refractivity (Wildman–Crippen MR) is 90.3 cm³/mol. The lowest BCUT2D eigenvalue weighted by atomic mass is 9.55. The summed E-state index contributed by atoms with van der Waals surface area (Å²) < 4.78 is 7.19. The quantitative estimate of drug-likeness (QED) is 0.832. The Labute approximate surface area is 136 Å². The average Bonchev–Trinajstić information content (AvgIpc) is 2.51. The number of halogens is 1. The third-order valence-electron chi connectivity index (χ3n) is 5.38. The van der Waals surface area contributed by atoms with Crippen molar-refractivity contribution in [2.45, 2.75) is 64.1 Å². The first kappa shape index (κ1) is 15.5. The number of nitrogens with one attached hydrogen (secondary N) is 1. The molecule has 21 heavy (non-hydrogen) atoms. The normalized spacial score (nSPS) is 27.5. The molecule has 3 rings (SSSR count). The van der Waals surface area contributed by atoms with Gasteiger partial charge in [-0.15, -0.1) is 0 Å². The van der Waals surface area contributed by atoms with Gasteiger partial charge in [-0.2, -0.15) is 0 Å². The van der Waals surface area contributed by atoms with E-state index in [0.29, 0.717) is 17.6 Å². The molecule has 1 N–H and O–H groups in total. The van der Waals surface area contributed by atoms with Gasteiger partial charge in [-0.3, -0.25) is 0 Å². The van der Waals surface area contributed by atoms with E-state index in [0.717, 1.165) is 17.6 Å². The van der Waals surface area contributed by atoms with E-state index in [1.54, 1.807) is 0 Å². The minimum Gasteiger partial charge on any atom is -0.378 e. The zero-order valence-corrected chi connectivity index (χ0v) is 14.5. The van der Waals surface area contributed by atoms with Gasteiger partial charge in [0, 0.05) is 29.1 Å². The molecule has 1 spiro atoms. The summed E-state index contributed by atoms with van der Waals surface area (Å²) in [4.78, 5) is 0. The van der Waals surface area contributed by atoms with Crippen molar-refractivity contribution in [2.75, 3.05) is 6.61 Å². The number of rotatable bonds is 5. The van der Waals surface area contributed by atoms with Gasteiger partial charge in [0.15, 0.2) is 0 Å². The Kier molecular flexibility index (Phi) is 5.03. The highest BCUT2D eigenvalue weighted by Crippen LogP contribution is 2.53. The summed E-state index contributed by atoms with van der Waals surface area (Å²) in [5.41, 5.74) is 1.77. The molecule has 2 atom stereocenters. The van der Waals surface area contributed by atoms with Crippen molar-refractivity contribution in [3.05, 3.63) is 34.3 Å². The molecule has 0 saturated heterocycles. The lowest BCUT2D eigenvalue weighted by Crippen LogP contribution is -2.64. The van der Waals surface area contributed by atoms with Gasteiger partial charge in [-0.1, -0.05) is 47.3 Å². The van der Waals surface area contributed by atoms with E-state index in [4.69, 9.17) is 4.74 Å². The third kappa shape index (κ3) is 3.20. The minimum absolute atomic E-state index is 0.417. The van der Waals surface area contributed by atoms with Gasteiger partial charge in [0.1, 0.15) is 0 Å². The van der Waals surface area contributed by atoms with Crippen LogP contribution in [-0.2, 0) is 11.3 Å². The molecule has 0 bridgehead atoms. The van der Waals surface area contributed by atoms with Gasteiger partial charge < -0.3 is 10.1 Å². The van der Waals surface area contributed by atoms with E-state index in [9.17, 15) is 0 Å². The van der Waals surface area contributed by atoms with Crippen molar-refractivity contribution in [1.82, 2.24) is 5.32 Å². The zero-order chi connectivity index (χ0) is 14.7. The lowest BCUT2D eigenvalue weighted by molar-refractivity contribution is -0.150. The maximum Gasteiger partial charge on any atom is 0.0661 e. The summed E-state index contributed by atoms with van der Waals surface area (Å²) in [6.45, 7) is 3.94. The van der Waals surface area contributed by atoms with Crippen LogP contribution in [-0.4, -0.2) is 18.8 Å². The predicted octanol–water partition coefficient (Wildman–Crippen LogP) is 4.67. The lowest BCUT2D eigenvalue weighted by Gasteiger charge is -2.58. The van der Waals surface area contributed by atoms with Crippen molar-refractivity contribution in [1.29, 1.82) is 0 Å². The smallest absolute Gasteiger partial charge is 0.0661 e. The van der Waals surface area contributed by atoms with Crippen LogP contribution < -0.4 is 5.32 Å². The molecule has 0 aliphatic heterocycles. The van der Waals surface area contributed by atoms with Gasteiger partial charge >= 0.3 is 0 Å². The fourth-order valence-electron chi connectivity index (χ4n) is 4.24. The average molecular weight is 352 g/mol. The first-order chi connectivity index (χ1) is 10.2. The van der Waals surface area contributed by atoms with Gasteiger partial charge in [0.05, 0.1) is 6.10 Å². The maximum atomic E-state index is 6.03. The molecule has 1 aromatic carbocycles. The van der Waals surface area contributed by atoms with Crippen LogP contribution in [0.4, 0.5) is 0 Å². The van der Waals surface area contributed by atoms with Crippen LogP contribution in [0.5, 0.6) is 0 Å². The van der Waals surface area contributed by atoms with Crippen molar-refractivity contribution >= 4 is 15.9 Å². The van der Waals surface area contributed by atoms with E-state index in [1.165, 1.54) is 44.1 Å². The van der Waals surface area contributed by atoms with E-state index < -0.39 is 0 Å². The molecule has 2 aliphatic rings. The molecule has 2 fully saturated rings. The number of benzene rings is 1. The summed E-state index contributed by atoms with van der Waals surface area (Å²) >= 11 is 3.55. The van der Waals surface area contributed by atoms with Crippen LogP contribution in [0.3, 0.4) is 0 Å². The largest absolute Gasteiger partial charge is 0.378 e. The van der Waals surface area contributed by atoms with Crippen LogP contribution in [0.1, 0.15) is 51.0 Å². The second-order valence-electron chi connectivity index (χ2n) is 6.54. The topological polar surface area (TPSA) is 21.3 Å². The van der Waals surface area contributed by atoms with E-state index in [1.807, 2.05) is 0 Å². The van der Waals surface area contributed by atoms with Crippen LogP contribution in [0, 0.1) is 5.41 Å². The molecule has 0 amide bonds. The number of hydrogen-bond acceptors (Lipinski definition) is 2. The molecule has 0 aromatic heterocycles. The van der Waals surface area contributed by atoms with Crippen LogP contribution >= 0.6 is 15.9 Å². The second kappa shape index (κ2) is 6.80. The Morgan fingerprint density at radius 2 is 2.10 bits per heavy atom. The van der Waals surface area contributed by atoms with Crippen LogP contribution in [0.25, 0.3) is 0 Å². The highest BCUT2D eigenvalue weighted by molar-refractivity contribution is 9.10. The zero-order valence-electron chi connectivity index (χ0n) is 12.9. The van der Waals surface area contributed by atoms with Crippen molar-refractivity contribution in [3.63, 3.8) is 0 Å². The molecular weight excluding hydrogens is 326 g/mol. The molecule has 2 aliphatic carbocycles. The molecule has 0 heterocycles. The monoisotopic (exact) mass is 351 g/mol. The highest BCUT2D eigenvalue weighted by Gasteiger charge is 2.55. The van der Waals surface area contributed by atoms with Crippen LogP contribution in [0.15, 0.2) is 28.7 Å². The summed E-state index contributed by atoms with van der Waals surface area (Å²) in [5.74, 6) is 0. The molecule has 3 heteroatoms. The summed E-state index contributed by atoms with van der Waals surface area (Å²) in [6.07, 6.45) is 8.50. The highest BCUT2D eigenvalue weighted by atomic mass is 79.9. The maximum absolute atomic E-state index is 6.03. The molecule has 2 nitrogen and oxygen atoms in total. The molecule has 2 unspecified atom stereocenters. The summed E-state index contributed by atoms with van der Waals surface area (Å²) in [7, 11) is 0. The SMILES string of the molecule is CCOC1CC(NCc2cccc(Br)c2)C12CCCCC2. The molecule has 0 radical (unpaired) electrons. The van der Waals surface area contributed by atoms with E-state index in [-0.39, 0.29) is 0 Å². The second-order valence-corrected chi connectivity index (χ2v) is 7.45. The van der Waals surface area contributed by atoms with Crippen molar-refractivity contribution < 1.29 is 4.74 Å². The van der Waals surface area contributed by atoms with Crippen molar-refractivity contribution in [3.8, 4) is 0 Å². The number of hydrogen-bond donors (Lipinski definition) is 1. The Bertz CT molecular complexity index is 470. The first-order valence-corrected chi connectivity index (χ1v) is 9.13. The van der Waals surface area contributed by atoms with Crippen molar-refractivity contribution in [2.24, 2.45) is 5.41 Å². The fourth-order valence-corrected chi connectivity index (χ4v) is 4.68. The Morgan fingerprint density at radius 1 is 1.29 bits per heavy atom. The minimum atomic E-state index is 0.417. The van der Waals surface area contributed by atoms with Gasteiger partial charge in [0.25, 0.3) is 0 Å². The molecule has 116 valence electrons. The number of ether oxygens (including phenoxy) is 1. The van der Waals surface area contributed by atoms with Crippen LogP contribution in [0.2, 0.25) is 0 Å². The Hall–Kier alpha value is -0.380. The molecule has 1 aromatic rings.